The Bertz CT molecular complexity index is 354. The van der Waals surface area contributed by atoms with Gasteiger partial charge in [-0.2, -0.15) is 0 Å². The Balaban J connectivity index is 2.14. The van der Waals surface area contributed by atoms with Crippen molar-refractivity contribution in [3.05, 3.63) is 36.1 Å². The Morgan fingerprint density at radius 1 is 1.71 bits per heavy atom. The van der Waals surface area contributed by atoms with Crippen molar-refractivity contribution in [3.63, 3.8) is 0 Å². The molecule has 74 valence electrons. The van der Waals surface area contributed by atoms with Crippen molar-refractivity contribution in [3.8, 4) is 0 Å². The van der Waals surface area contributed by atoms with E-state index in [9.17, 15) is 4.79 Å². The van der Waals surface area contributed by atoms with Gasteiger partial charge in [-0.1, -0.05) is 0 Å². The lowest BCUT2D eigenvalue weighted by atomic mass is 10.3. The molecule has 1 aliphatic rings. The zero-order chi connectivity index (χ0) is 9.97. The smallest absolute Gasteiger partial charge is 0.224 e. The van der Waals surface area contributed by atoms with Gasteiger partial charge in [-0.05, 0) is 12.1 Å². The van der Waals surface area contributed by atoms with Gasteiger partial charge >= 0.3 is 0 Å². The van der Waals surface area contributed by atoms with E-state index in [0.717, 1.165) is 18.9 Å². The first-order chi connectivity index (χ1) is 6.77. The van der Waals surface area contributed by atoms with E-state index in [2.05, 4.69) is 5.32 Å². The number of nitrogens with zero attached hydrogens (tertiary/aromatic N) is 1. The molecule has 2 rings (SSSR count). The minimum atomic E-state index is -0.105. The summed E-state index contributed by atoms with van der Waals surface area (Å²) in [5.74, 6) is 1.12. The maximum atomic E-state index is 11.6. The number of rotatable bonds is 2. The highest BCUT2D eigenvalue weighted by Crippen LogP contribution is 2.07. The number of likely N-dealkylation sites (N-methyl/N-ethyl adjacent to an activating group) is 1. The van der Waals surface area contributed by atoms with Crippen molar-refractivity contribution in [2.75, 3.05) is 20.1 Å². The summed E-state index contributed by atoms with van der Waals surface area (Å²) >= 11 is 0. The van der Waals surface area contributed by atoms with Crippen LogP contribution in [-0.4, -0.2) is 30.8 Å². The molecule has 0 radical (unpaired) electrons. The van der Waals surface area contributed by atoms with Crippen LogP contribution in [0.5, 0.6) is 0 Å². The molecule has 0 aromatic carbocycles. The summed E-state index contributed by atoms with van der Waals surface area (Å²) in [5, 5.41) is 3.12. The molecule has 0 bridgehead atoms. The Morgan fingerprint density at radius 3 is 3.14 bits per heavy atom. The highest BCUT2D eigenvalue weighted by Gasteiger charge is 2.14. The van der Waals surface area contributed by atoms with Crippen molar-refractivity contribution in [2.45, 2.75) is 0 Å². The molecule has 1 N–H and O–H groups in total. The fourth-order valence-corrected chi connectivity index (χ4v) is 1.38. The normalized spacial score (nSPS) is 18.6. The van der Waals surface area contributed by atoms with Gasteiger partial charge < -0.3 is 14.6 Å². The van der Waals surface area contributed by atoms with E-state index in [1.807, 2.05) is 11.9 Å². The molecule has 4 heteroatoms. The monoisotopic (exact) mass is 192 g/mol. The first-order valence-electron chi connectivity index (χ1n) is 4.52. The summed E-state index contributed by atoms with van der Waals surface area (Å²) in [6.45, 7) is 1.81. The highest BCUT2D eigenvalue weighted by molar-refractivity contribution is 6.02. The molecule has 1 aromatic heterocycles. The van der Waals surface area contributed by atoms with Gasteiger partial charge in [-0.15, -0.1) is 0 Å². The fraction of sp³-hybridized carbons (Fsp3) is 0.300. The quantitative estimate of drug-likeness (QED) is 0.557. The molecule has 0 amide bonds. The molecule has 0 unspecified atom stereocenters. The second kappa shape index (κ2) is 3.57. The van der Waals surface area contributed by atoms with Crippen LogP contribution in [-0.2, 0) is 0 Å². The van der Waals surface area contributed by atoms with Gasteiger partial charge in [0.05, 0.1) is 6.26 Å². The average molecular weight is 192 g/mol. The van der Waals surface area contributed by atoms with Crippen LogP contribution in [0.4, 0.5) is 0 Å². The zero-order valence-corrected chi connectivity index (χ0v) is 7.99. The van der Waals surface area contributed by atoms with Crippen molar-refractivity contribution in [2.24, 2.45) is 0 Å². The molecule has 14 heavy (non-hydrogen) atoms. The maximum absolute atomic E-state index is 11.6. The van der Waals surface area contributed by atoms with Crippen LogP contribution in [0.1, 0.15) is 10.6 Å². The van der Waals surface area contributed by atoms with Crippen molar-refractivity contribution >= 4 is 5.78 Å². The van der Waals surface area contributed by atoms with Gasteiger partial charge in [0.2, 0.25) is 5.78 Å². The van der Waals surface area contributed by atoms with Gasteiger partial charge in [-0.25, -0.2) is 0 Å². The third kappa shape index (κ3) is 1.64. The Morgan fingerprint density at radius 2 is 2.57 bits per heavy atom. The molecular formula is C10H12N2O2. The summed E-state index contributed by atoms with van der Waals surface area (Å²) in [6, 6.07) is 3.37. The van der Waals surface area contributed by atoms with Crippen LogP contribution < -0.4 is 5.32 Å². The predicted molar refractivity (Wildman–Crippen MR) is 51.8 cm³/mol. The average Bonchev–Trinajstić information content (AvgIpc) is 2.77. The van der Waals surface area contributed by atoms with Crippen LogP contribution in [0.25, 0.3) is 0 Å². The number of carbonyl (C=O) groups is 1. The van der Waals surface area contributed by atoms with Crippen LogP contribution in [0.3, 0.4) is 0 Å². The van der Waals surface area contributed by atoms with Crippen molar-refractivity contribution in [1.82, 2.24) is 10.2 Å². The zero-order valence-electron chi connectivity index (χ0n) is 7.99. The van der Waals surface area contributed by atoms with E-state index in [1.54, 1.807) is 18.2 Å². The van der Waals surface area contributed by atoms with Crippen LogP contribution >= 0.6 is 0 Å². The van der Waals surface area contributed by atoms with Crippen molar-refractivity contribution < 1.29 is 9.21 Å². The molecular weight excluding hydrogens is 180 g/mol. The molecule has 0 atom stereocenters. The number of furan rings is 1. The van der Waals surface area contributed by atoms with Crippen LogP contribution in [0.15, 0.2) is 34.7 Å². The Labute approximate surface area is 82.2 Å². The van der Waals surface area contributed by atoms with E-state index in [0.29, 0.717) is 5.76 Å². The lowest BCUT2D eigenvalue weighted by Crippen LogP contribution is -2.15. The minimum absolute atomic E-state index is 0.105. The van der Waals surface area contributed by atoms with Gasteiger partial charge in [0.1, 0.15) is 5.82 Å². The van der Waals surface area contributed by atoms with E-state index in [4.69, 9.17) is 4.42 Å². The molecule has 2 heterocycles. The number of ketones is 1. The van der Waals surface area contributed by atoms with Gasteiger partial charge in [0.15, 0.2) is 5.76 Å². The summed E-state index contributed by atoms with van der Waals surface area (Å²) in [5.41, 5.74) is 0. The predicted octanol–water partition coefficient (Wildman–Crippen LogP) is 0.839. The molecule has 0 aliphatic carbocycles. The van der Waals surface area contributed by atoms with E-state index >= 15 is 0 Å². The molecule has 1 aromatic rings. The number of allylic oxidation sites excluding steroid dienone is 1. The lowest BCUT2D eigenvalue weighted by Gasteiger charge is -2.10. The topological polar surface area (TPSA) is 45.5 Å². The molecule has 4 nitrogen and oxygen atoms in total. The summed E-state index contributed by atoms with van der Waals surface area (Å²) in [6.07, 6.45) is 3.06. The third-order valence-electron chi connectivity index (χ3n) is 2.20. The second-order valence-corrected chi connectivity index (χ2v) is 3.22. The third-order valence-corrected chi connectivity index (χ3v) is 2.20. The number of nitrogens with one attached hydrogen (secondary N) is 1. The number of hydrogen-bond acceptors (Lipinski definition) is 4. The first-order valence-corrected chi connectivity index (χ1v) is 4.52. The standard InChI is InChI=1S/C10H12N2O2/c1-12-5-4-11-10(12)7-8(13)9-3-2-6-14-9/h2-3,6-7,11H,4-5H2,1H3/b10-7+. The van der Waals surface area contributed by atoms with E-state index in [1.165, 1.54) is 6.26 Å². The van der Waals surface area contributed by atoms with Gasteiger partial charge in [-0.3, -0.25) is 4.79 Å². The van der Waals surface area contributed by atoms with Crippen LogP contribution in [0.2, 0.25) is 0 Å². The lowest BCUT2D eigenvalue weighted by molar-refractivity contribution is 0.101. The molecule has 1 saturated heterocycles. The largest absolute Gasteiger partial charge is 0.461 e. The minimum Gasteiger partial charge on any atom is -0.461 e. The number of hydrogen-bond donors (Lipinski definition) is 1. The Kier molecular flexibility index (Phi) is 2.26. The van der Waals surface area contributed by atoms with Crippen LogP contribution in [0, 0.1) is 0 Å². The van der Waals surface area contributed by atoms with Gasteiger partial charge in [0.25, 0.3) is 0 Å². The van der Waals surface area contributed by atoms with E-state index < -0.39 is 0 Å². The Hall–Kier alpha value is -1.71. The van der Waals surface area contributed by atoms with Crippen molar-refractivity contribution in [1.29, 1.82) is 0 Å². The second-order valence-electron chi connectivity index (χ2n) is 3.22. The summed E-state index contributed by atoms with van der Waals surface area (Å²) < 4.78 is 5.00. The first kappa shape index (κ1) is 8.87. The summed E-state index contributed by atoms with van der Waals surface area (Å²) in [7, 11) is 1.95. The van der Waals surface area contributed by atoms with Gasteiger partial charge in [0, 0.05) is 26.2 Å². The molecule has 1 aliphatic heterocycles. The SMILES string of the molecule is CN1CCN/C1=C\C(=O)c1ccco1. The maximum Gasteiger partial charge on any atom is 0.224 e. The highest BCUT2D eigenvalue weighted by atomic mass is 16.3. The molecule has 0 saturated carbocycles. The molecule has 1 fully saturated rings. The molecule has 0 spiro atoms. The van der Waals surface area contributed by atoms with E-state index in [-0.39, 0.29) is 5.78 Å². The number of carbonyl (C=O) groups excluding carboxylic acids is 1. The fourth-order valence-electron chi connectivity index (χ4n) is 1.38. The summed E-state index contributed by atoms with van der Waals surface area (Å²) in [4.78, 5) is 13.6.